The molecule has 0 aliphatic carbocycles. The first-order chi connectivity index (χ1) is 30.6. The van der Waals surface area contributed by atoms with Crippen LogP contribution >= 0.6 is 0 Å². The number of aromatic nitrogens is 2. The highest BCUT2D eigenvalue weighted by molar-refractivity contribution is 6.12. The molecule has 2 heterocycles. The number of rotatable bonds is 4. The predicted molar refractivity (Wildman–Crippen MR) is 275 cm³/mol. The highest BCUT2D eigenvalue weighted by Crippen LogP contribution is 2.45. The van der Waals surface area contributed by atoms with Crippen molar-refractivity contribution in [2.75, 3.05) is 0 Å². The molecule has 0 amide bonds. The van der Waals surface area contributed by atoms with Gasteiger partial charge in [-0.05, 0) is 164 Å². The third-order valence-electron chi connectivity index (χ3n) is 13.6. The molecule has 0 bridgehead atoms. The van der Waals surface area contributed by atoms with E-state index in [9.17, 15) is 10.5 Å². The molecule has 0 spiro atoms. The van der Waals surface area contributed by atoms with Gasteiger partial charge in [0, 0.05) is 32.8 Å². The maximum atomic E-state index is 10.6. The molecule has 0 unspecified atom stereocenters. The molecule has 2 aromatic heterocycles. The van der Waals surface area contributed by atoms with E-state index >= 15 is 0 Å². The monoisotopic (exact) mass is 848 g/mol. The maximum absolute atomic E-state index is 10.6. The molecule has 0 aliphatic rings. The molecule has 0 atom stereocenters. The second-order valence-electron chi connectivity index (χ2n) is 22.3. The van der Waals surface area contributed by atoms with Crippen molar-refractivity contribution in [1.29, 1.82) is 10.5 Å². The van der Waals surface area contributed by atoms with Crippen LogP contribution in [0.15, 0.2) is 127 Å². The first-order valence-electron chi connectivity index (χ1n) is 23.0. The minimum Gasteiger partial charge on any atom is -0.309 e. The van der Waals surface area contributed by atoms with E-state index in [2.05, 4.69) is 220 Å². The fourth-order valence-electron chi connectivity index (χ4n) is 9.63. The van der Waals surface area contributed by atoms with Crippen LogP contribution in [-0.2, 0) is 21.7 Å². The summed E-state index contributed by atoms with van der Waals surface area (Å²) in [4.78, 5) is 0. The summed E-state index contributed by atoms with van der Waals surface area (Å²) in [6.45, 7) is 29.4. The van der Waals surface area contributed by atoms with E-state index in [4.69, 9.17) is 0 Å². The molecule has 65 heavy (non-hydrogen) atoms. The van der Waals surface area contributed by atoms with Gasteiger partial charge in [-0.3, -0.25) is 0 Å². The fraction of sp³-hybridized carbons (Fsp3) is 0.279. The van der Waals surface area contributed by atoms with E-state index in [0.717, 1.165) is 61.3 Å². The minimum atomic E-state index is -0.0341. The molecule has 9 rings (SSSR count). The summed E-state index contributed by atoms with van der Waals surface area (Å²) in [7, 11) is 0. The van der Waals surface area contributed by atoms with Crippen molar-refractivity contribution in [3.8, 4) is 45.8 Å². The van der Waals surface area contributed by atoms with Gasteiger partial charge in [-0.2, -0.15) is 10.5 Å². The summed E-state index contributed by atoms with van der Waals surface area (Å²) in [5, 5.41) is 25.4. The maximum Gasteiger partial charge on any atom is 0.0991 e. The number of fused-ring (bicyclic) bond motifs is 6. The molecule has 0 fully saturated rings. The molecule has 4 heteroatoms. The number of hydrogen-bond acceptors (Lipinski definition) is 2. The Morgan fingerprint density at radius 1 is 0.354 bits per heavy atom. The van der Waals surface area contributed by atoms with Crippen molar-refractivity contribution in [1.82, 2.24) is 9.13 Å². The molecule has 7 aromatic carbocycles. The molecule has 9 aromatic rings. The van der Waals surface area contributed by atoms with Gasteiger partial charge in [-0.15, -0.1) is 0 Å². The quantitative estimate of drug-likeness (QED) is 0.177. The zero-order chi connectivity index (χ0) is 46.5. The van der Waals surface area contributed by atoms with Crippen LogP contribution in [0.25, 0.3) is 77.2 Å². The topological polar surface area (TPSA) is 57.4 Å². The normalized spacial score (nSPS) is 12.7. The Balaban J connectivity index is 1.40. The average molecular weight is 849 g/mol. The lowest BCUT2D eigenvalue weighted by molar-refractivity contribution is 0.590. The third-order valence-corrected chi connectivity index (χ3v) is 13.6. The lowest BCUT2D eigenvalue weighted by Gasteiger charge is -2.21. The zero-order valence-corrected chi connectivity index (χ0v) is 40.4. The van der Waals surface area contributed by atoms with Crippen LogP contribution in [0.3, 0.4) is 0 Å². The van der Waals surface area contributed by atoms with Gasteiger partial charge in [0.15, 0.2) is 0 Å². The van der Waals surface area contributed by atoms with Crippen molar-refractivity contribution in [3.63, 3.8) is 0 Å². The SMILES string of the molecule is Cc1cc(C#N)ccc1-c1ccc(-n2c3ccc(C(C)(C)C)cc3c3cc(C(C)(C)C)ccc32)cc1-c1cc(C#N)ccc1-n1c2ccc(C(C)(C)C)cc2c2cc(C(C)(C)C)ccc21. The highest BCUT2D eigenvalue weighted by Gasteiger charge is 2.26. The molecule has 0 radical (unpaired) electrons. The third kappa shape index (κ3) is 7.50. The Kier molecular flexibility index (Phi) is 10.1. The first-order valence-corrected chi connectivity index (χ1v) is 23.0. The predicted octanol–water partition coefficient (Wildman–Crippen LogP) is 16.5. The number of nitrogens with zero attached hydrogens (tertiary/aromatic N) is 4. The second-order valence-corrected chi connectivity index (χ2v) is 22.3. The van der Waals surface area contributed by atoms with Gasteiger partial charge in [0.2, 0.25) is 0 Å². The number of nitriles is 2. The highest BCUT2D eigenvalue weighted by atomic mass is 15.0. The van der Waals surface area contributed by atoms with Crippen molar-refractivity contribution in [3.05, 3.63) is 166 Å². The standard InChI is InChI=1S/C61H60N4/c1-37-28-38(35-62)14-21-45(37)46-22-20-44(64-53-24-16-40(58(2,3)4)30-49(53)50-31-41(59(5,6)7)17-25-54(50)64)34-47(46)48-29-39(36-63)15-23-55(48)65-56-26-18-42(60(8,9)10)32-51(56)52-33-43(61(11,12)13)19-27-57(52)65/h14-34H,1-13H3. The van der Waals surface area contributed by atoms with Crippen LogP contribution in [0.1, 0.15) is 122 Å². The van der Waals surface area contributed by atoms with Crippen LogP contribution in [0.4, 0.5) is 0 Å². The van der Waals surface area contributed by atoms with Gasteiger partial charge < -0.3 is 9.13 Å². The molecular formula is C61H60N4. The summed E-state index contributed by atoms with van der Waals surface area (Å²) in [5.41, 5.74) is 17.8. The van der Waals surface area contributed by atoms with Gasteiger partial charge in [-0.1, -0.05) is 119 Å². The van der Waals surface area contributed by atoms with Crippen LogP contribution in [0.2, 0.25) is 0 Å². The summed E-state index contributed by atoms with van der Waals surface area (Å²) in [6, 6.07) is 51.6. The van der Waals surface area contributed by atoms with Gasteiger partial charge in [0.05, 0.1) is 51.0 Å². The van der Waals surface area contributed by atoms with E-state index in [1.54, 1.807) is 0 Å². The van der Waals surface area contributed by atoms with E-state index < -0.39 is 0 Å². The van der Waals surface area contributed by atoms with Crippen molar-refractivity contribution in [2.45, 2.75) is 112 Å². The Bertz CT molecular complexity index is 3350. The average Bonchev–Trinajstić information content (AvgIpc) is 3.76. The van der Waals surface area contributed by atoms with Crippen molar-refractivity contribution < 1.29 is 0 Å². The van der Waals surface area contributed by atoms with E-state index in [1.807, 2.05) is 18.2 Å². The van der Waals surface area contributed by atoms with Gasteiger partial charge in [0.1, 0.15) is 0 Å². The van der Waals surface area contributed by atoms with Crippen LogP contribution in [0, 0.1) is 29.6 Å². The number of benzene rings is 7. The summed E-state index contributed by atoms with van der Waals surface area (Å²) in [5.74, 6) is 0. The molecule has 4 nitrogen and oxygen atoms in total. The Labute approximate surface area is 385 Å². The Morgan fingerprint density at radius 3 is 1.14 bits per heavy atom. The van der Waals surface area contributed by atoms with Crippen LogP contribution in [-0.4, -0.2) is 9.13 Å². The van der Waals surface area contributed by atoms with Gasteiger partial charge in [-0.25, -0.2) is 0 Å². The van der Waals surface area contributed by atoms with Gasteiger partial charge >= 0.3 is 0 Å². The van der Waals surface area contributed by atoms with Crippen LogP contribution < -0.4 is 0 Å². The molecule has 0 aliphatic heterocycles. The summed E-state index contributed by atoms with van der Waals surface area (Å²) in [6.07, 6.45) is 0. The minimum absolute atomic E-state index is 0.0182. The molecular weight excluding hydrogens is 789 g/mol. The van der Waals surface area contributed by atoms with E-state index in [0.29, 0.717) is 11.1 Å². The largest absolute Gasteiger partial charge is 0.309 e. The number of aryl methyl sites for hydroxylation is 1. The summed E-state index contributed by atoms with van der Waals surface area (Å²) >= 11 is 0. The molecule has 0 saturated heterocycles. The molecule has 0 N–H and O–H groups in total. The van der Waals surface area contributed by atoms with Crippen molar-refractivity contribution >= 4 is 43.6 Å². The fourth-order valence-corrected chi connectivity index (χ4v) is 9.63. The van der Waals surface area contributed by atoms with Crippen LogP contribution in [0.5, 0.6) is 0 Å². The molecule has 324 valence electrons. The Hall–Kier alpha value is -6.88. The number of hydrogen-bond donors (Lipinski definition) is 0. The smallest absolute Gasteiger partial charge is 0.0991 e. The summed E-state index contributed by atoms with van der Waals surface area (Å²) < 4.78 is 4.82. The zero-order valence-electron chi connectivity index (χ0n) is 40.4. The van der Waals surface area contributed by atoms with Crippen molar-refractivity contribution in [2.24, 2.45) is 0 Å². The second kappa shape index (κ2) is 15.1. The Morgan fingerprint density at radius 2 is 0.738 bits per heavy atom. The van der Waals surface area contributed by atoms with E-state index in [-0.39, 0.29) is 21.7 Å². The first kappa shape index (κ1) is 43.4. The molecule has 0 saturated carbocycles. The lowest BCUT2D eigenvalue weighted by Crippen LogP contribution is -2.10. The lowest BCUT2D eigenvalue weighted by atomic mass is 9.85. The van der Waals surface area contributed by atoms with Gasteiger partial charge in [0.25, 0.3) is 0 Å². The van der Waals surface area contributed by atoms with E-state index in [1.165, 1.54) is 43.8 Å².